The standard InChI is InChI=1S/C22H23F4N5O3S/c1-12-7-15(31-35(3,4)33)9-17-19(12)20(29-11-28-17)30-16-6-5-14(23)8-18(16)34-13(2)10-27-21(32)22(24,25)26/h5-9,11,13H,3,10H2,1-2,4H3,(H,27,32)(H,31,33)(H,28,29,30). The molecule has 3 aromatic rings. The smallest absolute Gasteiger partial charge is 0.471 e. The van der Waals surface area contributed by atoms with E-state index >= 15 is 0 Å². The van der Waals surface area contributed by atoms with Gasteiger partial charge in [0, 0.05) is 33.1 Å². The quantitative estimate of drug-likeness (QED) is 0.311. The van der Waals surface area contributed by atoms with Gasteiger partial charge in [0.1, 0.15) is 29.8 Å². The highest BCUT2D eigenvalue weighted by Gasteiger charge is 2.38. The Bertz CT molecular complexity index is 1360. The van der Waals surface area contributed by atoms with Crippen LogP contribution in [0.5, 0.6) is 5.75 Å². The molecular formula is C22H23F4N5O3S. The summed E-state index contributed by atoms with van der Waals surface area (Å²) in [6.45, 7) is 2.78. The van der Waals surface area contributed by atoms with Crippen molar-refractivity contribution in [2.75, 3.05) is 22.8 Å². The maximum Gasteiger partial charge on any atom is 0.471 e. The number of alkyl halides is 3. The monoisotopic (exact) mass is 513 g/mol. The zero-order valence-corrected chi connectivity index (χ0v) is 19.8. The van der Waals surface area contributed by atoms with Gasteiger partial charge in [0.2, 0.25) is 0 Å². The fraction of sp³-hybridized carbons (Fsp3) is 0.273. The third-order valence-corrected chi connectivity index (χ3v) is 5.27. The van der Waals surface area contributed by atoms with E-state index in [2.05, 4.69) is 25.9 Å². The van der Waals surface area contributed by atoms with Gasteiger partial charge < -0.3 is 20.1 Å². The van der Waals surface area contributed by atoms with Gasteiger partial charge in [-0.2, -0.15) is 13.2 Å². The summed E-state index contributed by atoms with van der Waals surface area (Å²) >= 11 is 0. The van der Waals surface area contributed by atoms with Crippen LogP contribution in [0.2, 0.25) is 0 Å². The minimum Gasteiger partial charge on any atom is -0.487 e. The topological polar surface area (TPSA) is 105 Å². The van der Waals surface area contributed by atoms with Crippen molar-refractivity contribution in [1.82, 2.24) is 15.3 Å². The van der Waals surface area contributed by atoms with Crippen molar-refractivity contribution in [3.05, 3.63) is 48.0 Å². The minimum absolute atomic E-state index is 0.00392. The summed E-state index contributed by atoms with van der Waals surface area (Å²) in [6, 6.07) is 7.06. The number of aryl methyl sites for hydroxylation is 1. The van der Waals surface area contributed by atoms with Crippen LogP contribution < -0.4 is 20.1 Å². The van der Waals surface area contributed by atoms with Crippen molar-refractivity contribution < 1.29 is 31.3 Å². The van der Waals surface area contributed by atoms with Gasteiger partial charge in [-0.25, -0.2) is 18.6 Å². The SMILES string of the molecule is C=S(C)(=O)Nc1cc(C)c2c(Nc3ccc(F)cc3OC(C)CNC(=O)C(F)(F)F)ncnc2c1. The molecule has 0 aliphatic heterocycles. The maximum absolute atomic E-state index is 13.9. The number of benzene rings is 2. The van der Waals surface area contributed by atoms with E-state index in [4.69, 9.17) is 4.74 Å². The van der Waals surface area contributed by atoms with E-state index in [0.717, 1.165) is 11.6 Å². The molecule has 1 amide bonds. The summed E-state index contributed by atoms with van der Waals surface area (Å²) in [5.41, 5.74) is 2.12. The number of nitrogens with one attached hydrogen (secondary N) is 3. The van der Waals surface area contributed by atoms with Crippen molar-refractivity contribution >= 4 is 49.6 Å². The van der Waals surface area contributed by atoms with Crippen LogP contribution in [0.25, 0.3) is 10.9 Å². The summed E-state index contributed by atoms with van der Waals surface area (Å²) in [5, 5.41) is 5.40. The van der Waals surface area contributed by atoms with E-state index in [9.17, 15) is 26.6 Å². The van der Waals surface area contributed by atoms with E-state index in [0.29, 0.717) is 22.4 Å². The molecule has 2 aromatic carbocycles. The zero-order valence-electron chi connectivity index (χ0n) is 19.0. The van der Waals surface area contributed by atoms with Crippen LogP contribution in [0.15, 0.2) is 36.7 Å². The molecule has 1 aromatic heterocycles. The first kappa shape index (κ1) is 26.0. The summed E-state index contributed by atoms with van der Waals surface area (Å²) in [6.07, 6.45) is -3.16. The summed E-state index contributed by atoms with van der Waals surface area (Å²) in [7, 11) is -2.51. The van der Waals surface area contributed by atoms with Crippen LogP contribution in [0.4, 0.5) is 34.8 Å². The molecule has 0 bridgehead atoms. The third kappa shape index (κ3) is 6.94. The lowest BCUT2D eigenvalue weighted by Crippen LogP contribution is -2.41. The number of nitrogens with zero attached hydrogens (tertiary/aromatic N) is 2. The average Bonchev–Trinajstić information content (AvgIpc) is 2.71. The Labute approximate surface area is 199 Å². The Kier molecular flexibility index (Phi) is 7.38. The molecule has 188 valence electrons. The number of amides is 1. The van der Waals surface area contributed by atoms with Crippen molar-refractivity contribution in [1.29, 1.82) is 0 Å². The van der Waals surface area contributed by atoms with Crippen LogP contribution in [0, 0.1) is 12.7 Å². The molecule has 3 rings (SSSR count). The Morgan fingerprint density at radius 1 is 1.23 bits per heavy atom. The van der Waals surface area contributed by atoms with Crippen molar-refractivity contribution in [2.24, 2.45) is 0 Å². The number of hydrogen-bond donors (Lipinski definition) is 3. The zero-order chi connectivity index (χ0) is 26.0. The maximum atomic E-state index is 13.9. The Morgan fingerprint density at radius 3 is 2.60 bits per heavy atom. The Hall–Kier alpha value is -3.61. The van der Waals surface area contributed by atoms with Gasteiger partial charge in [-0.3, -0.25) is 4.79 Å². The number of aromatic nitrogens is 2. The van der Waals surface area contributed by atoms with E-state index in [1.807, 2.05) is 0 Å². The molecule has 0 saturated carbocycles. The van der Waals surface area contributed by atoms with Crippen LogP contribution in [0.3, 0.4) is 0 Å². The molecule has 2 atom stereocenters. The lowest BCUT2D eigenvalue weighted by atomic mass is 10.1. The fourth-order valence-corrected chi connectivity index (χ4v) is 3.83. The molecule has 0 radical (unpaired) electrons. The molecule has 13 heteroatoms. The number of fused-ring (bicyclic) bond motifs is 1. The van der Waals surface area contributed by atoms with Crippen LogP contribution in [-0.4, -0.2) is 51.0 Å². The lowest BCUT2D eigenvalue weighted by molar-refractivity contribution is -0.173. The molecule has 0 aliphatic rings. The first-order valence-corrected chi connectivity index (χ1v) is 12.3. The highest BCUT2D eigenvalue weighted by molar-refractivity contribution is 8.00. The van der Waals surface area contributed by atoms with Gasteiger partial charge in [-0.15, -0.1) is 0 Å². The summed E-state index contributed by atoms with van der Waals surface area (Å²) in [5.74, 6) is 1.21. The van der Waals surface area contributed by atoms with E-state index in [1.165, 1.54) is 31.6 Å². The van der Waals surface area contributed by atoms with Crippen molar-refractivity contribution in [3.63, 3.8) is 0 Å². The van der Waals surface area contributed by atoms with Gasteiger partial charge in [0.05, 0.1) is 17.7 Å². The minimum atomic E-state index is -5.02. The number of anilines is 3. The van der Waals surface area contributed by atoms with Gasteiger partial charge in [-0.1, -0.05) is 0 Å². The van der Waals surface area contributed by atoms with E-state index < -0.39 is 40.3 Å². The third-order valence-electron chi connectivity index (χ3n) is 4.60. The van der Waals surface area contributed by atoms with Crippen LogP contribution in [0.1, 0.15) is 12.5 Å². The van der Waals surface area contributed by atoms with E-state index in [1.54, 1.807) is 24.4 Å². The van der Waals surface area contributed by atoms with Gasteiger partial charge in [0.25, 0.3) is 0 Å². The normalized spacial score (nSPS) is 14.1. The lowest BCUT2D eigenvalue weighted by Gasteiger charge is -2.19. The molecular weight excluding hydrogens is 490 g/mol. The number of ether oxygens (including phenoxy) is 1. The van der Waals surface area contributed by atoms with Gasteiger partial charge in [-0.05, 0) is 49.5 Å². The number of halogens is 4. The first-order chi connectivity index (χ1) is 16.2. The molecule has 0 spiro atoms. The summed E-state index contributed by atoms with van der Waals surface area (Å²) < 4.78 is 71.6. The highest BCUT2D eigenvalue weighted by atomic mass is 32.2. The number of carbonyl (C=O) groups is 1. The predicted octanol–water partition coefficient (Wildman–Crippen LogP) is 3.94. The molecule has 0 aliphatic carbocycles. The van der Waals surface area contributed by atoms with E-state index in [-0.39, 0.29) is 11.4 Å². The number of rotatable bonds is 8. The largest absolute Gasteiger partial charge is 0.487 e. The molecule has 3 N–H and O–H groups in total. The first-order valence-electron chi connectivity index (χ1n) is 10.2. The van der Waals surface area contributed by atoms with Gasteiger partial charge >= 0.3 is 12.1 Å². The second-order valence-corrected chi connectivity index (χ2v) is 10.1. The summed E-state index contributed by atoms with van der Waals surface area (Å²) in [4.78, 5) is 19.5. The Morgan fingerprint density at radius 2 is 1.94 bits per heavy atom. The molecule has 0 fully saturated rings. The molecule has 0 saturated heterocycles. The second-order valence-electron chi connectivity index (χ2n) is 7.92. The molecule has 2 unspecified atom stereocenters. The van der Waals surface area contributed by atoms with Crippen LogP contribution in [-0.2, 0) is 14.5 Å². The number of carbonyl (C=O) groups excluding carboxylic acids is 1. The molecule has 1 heterocycles. The fourth-order valence-electron chi connectivity index (χ4n) is 3.21. The van der Waals surface area contributed by atoms with Gasteiger partial charge in [0.15, 0.2) is 0 Å². The average molecular weight is 514 g/mol. The second kappa shape index (κ2) is 9.94. The number of hydrogen-bond acceptors (Lipinski definition) is 6. The Balaban J connectivity index is 1.88. The van der Waals surface area contributed by atoms with Crippen LogP contribution >= 0.6 is 0 Å². The molecule has 8 nitrogen and oxygen atoms in total. The predicted molar refractivity (Wildman–Crippen MR) is 128 cm³/mol. The van der Waals surface area contributed by atoms with Crippen molar-refractivity contribution in [3.8, 4) is 5.75 Å². The molecule has 35 heavy (non-hydrogen) atoms. The van der Waals surface area contributed by atoms with Crippen molar-refractivity contribution in [2.45, 2.75) is 26.1 Å². The highest BCUT2D eigenvalue weighted by Crippen LogP contribution is 2.33.